The minimum absolute atomic E-state index is 0.458. The molecule has 0 bridgehead atoms. The Bertz CT molecular complexity index is 633. The van der Waals surface area contributed by atoms with Gasteiger partial charge in [0, 0.05) is 51.4 Å². The molecule has 124 valence electrons. The van der Waals surface area contributed by atoms with Gasteiger partial charge in [-0.2, -0.15) is 0 Å². The maximum Gasteiger partial charge on any atom is 0.138 e. The Labute approximate surface area is 136 Å². The van der Waals surface area contributed by atoms with Crippen molar-refractivity contribution < 1.29 is 4.52 Å². The van der Waals surface area contributed by atoms with Crippen molar-refractivity contribution in [2.24, 2.45) is 0 Å². The third kappa shape index (κ3) is 3.98. The lowest BCUT2D eigenvalue weighted by atomic mass is 10.0. The Morgan fingerprint density at radius 1 is 1.30 bits per heavy atom. The molecule has 0 spiro atoms. The average Bonchev–Trinajstić information content (AvgIpc) is 2.95. The average molecular weight is 316 g/mol. The van der Waals surface area contributed by atoms with Crippen molar-refractivity contribution in [2.45, 2.75) is 32.4 Å². The van der Waals surface area contributed by atoms with Crippen LogP contribution in [0.3, 0.4) is 0 Å². The molecule has 3 heterocycles. The van der Waals surface area contributed by atoms with Crippen molar-refractivity contribution in [1.29, 1.82) is 0 Å². The maximum absolute atomic E-state index is 5.13. The van der Waals surface area contributed by atoms with Crippen molar-refractivity contribution >= 4 is 11.6 Å². The highest BCUT2D eigenvalue weighted by atomic mass is 16.5. The topological polar surface area (TPSA) is 70.3 Å². The molecule has 23 heavy (non-hydrogen) atoms. The summed E-state index contributed by atoms with van der Waals surface area (Å²) in [6.07, 6.45) is 5.64. The summed E-state index contributed by atoms with van der Waals surface area (Å²) in [5.74, 6) is 2.74. The number of aryl methyl sites for hydroxylation is 1. The first-order chi connectivity index (χ1) is 11.1. The molecular formula is C16H24N6O. The van der Waals surface area contributed by atoms with Crippen LogP contribution in [0.2, 0.25) is 0 Å². The van der Waals surface area contributed by atoms with Crippen LogP contribution in [0.25, 0.3) is 0 Å². The molecule has 1 saturated heterocycles. The summed E-state index contributed by atoms with van der Waals surface area (Å²) in [4.78, 5) is 13.0. The van der Waals surface area contributed by atoms with Gasteiger partial charge in [-0.05, 0) is 19.8 Å². The van der Waals surface area contributed by atoms with Gasteiger partial charge in [0.25, 0.3) is 0 Å². The third-order valence-corrected chi connectivity index (χ3v) is 4.29. The number of likely N-dealkylation sites (tertiary alicyclic amines) is 1. The number of piperidine rings is 1. The maximum atomic E-state index is 5.13. The minimum Gasteiger partial charge on any atom is -0.367 e. The third-order valence-electron chi connectivity index (χ3n) is 4.29. The lowest BCUT2D eigenvalue weighted by Crippen LogP contribution is -2.38. The fourth-order valence-electron chi connectivity index (χ4n) is 2.83. The summed E-state index contributed by atoms with van der Waals surface area (Å²) in [6.45, 7) is 5.01. The summed E-state index contributed by atoms with van der Waals surface area (Å²) in [7, 11) is 3.97. The summed E-state index contributed by atoms with van der Waals surface area (Å²) in [5.41, 5.74) is 1.18. The van der Waals surface area contributed by atoms with Crippen LogP contribution in [-0.4, -0.2) is 53.3 Å². The Morgan fingerprint density at radius 3 is 2.74 bits per heavy atom. The van der Waals surface area contributed by atoms with E-state index in [9.17, 15) is 0 Å². The molecule has 7 nitrogen and oxygen atoms in total. The summed E-state index contributed by atoms with van der Waals surface area (Å²) in [6, 6.07) is 2.45. The zero-order chi connectivity index (χ0) is 16.2. The largest absolute Gasteiger partial charge is 0.367 e. The van der Waals surface area contributed by atoms with Gasteiger partial charge in [0.15, 0.2) is 0 Å². The Balaban J connectivity index is 1.51. The van der Waals surface area contributed by atoms with E-state index in [0.717, 1.165) is 49.9 Å². The Kier molecular flexibility index (Phi) is 4.76. The Morgan fingerprint density at radius 2 is 2.09 bits per heavy atom. The van der Waals surface area contributed by atoms with Crippen LogP contribution in [0.15, 0.2) is 23.1 Å². The van der Waals surface area contributed by atoms with Gasteiger partial charge in [-0.3, -0.25) is 4.90 Å². The quantitative estimate of drug-likeness (QED) is 0.903. The second kappa shape index (κ2) is 6.95. The van der Waals surface area contributed by atoms with E-state index < -0.39 is 0 Å². The summed E-state index contributed by atoms with van der Waals surface area (Å²) < 4.78 is 5.13. The molecule has 0 amide bonds. The van der Waals surface area contributed by atoms with Crippen LogP contribution in [0.4, 0.5) is 11.6 Å². The molecule has 0 radical (unpaired) electrons. The highest BCUT2D eigenvalue weighted by Gasteiger charge is 2.20. The highest BCUT2D eigenvalue weighted by Crippen LogP contribution is 2.19. The molecule has 1 aliphatic heterocycles. The van der Waals surface area contributed by atoms with E-state index in [1.165, 1.54) is 5.56 Å². The molecule has 1 aliphatic rings. The van der Waals surface area contributed by atoms with Crippen LogP contribution in [0.5, 0.6) is 0 Å². The van der Waals surface area contributed by atoms with Gasteiger partial charge in [0.1, 0.15) is 23.7 Å². The first kappa shape index (κ1) is 15.7. The highest BCUT2D eigenvalue weighted by molar-refractivity contribution is 5.47. The molecule has 3 rings (SSSR count). The first-order valence-corrected chi connectivity index (χ1v) is 8.00. The standard InChI is InChI=1S/C16H24N6O/c1-12-13(9-19-23-12)10-22-6-4-14(5-7-22)20-15-8-16(21(2)3)18-11-17-15/h8-9,11,14H,4-7,10H2,1-3H3,(H,17,18,20). The lowest BCUT2D eigenvalue weighted by molar-refractivity contribution is 0.210. The van der Waals surface area contributed by atoms with E-state index in [-0.39, 0.29) is 0 Å². The number of nitrogens with zero attached hydrogens (tertiary/aromatic N) is 5. The van der Waals surface area contributed by atoms with Crippen LogP contribution in [-0.2, 0) is 6.54 Å². The SMILES string of the molecule is Cc1oncc1CN1CCC(Nc2cc(N(C)C)ncn2)CC1. The van der Waals surface area contributed by atoms with E-state index >= 15 is 0 Å². The van der Waals surface area contributed by atoms with Gasteiger partial charge >= 0.3 is 0 Å². The van der Waals surface area contributed by atoms with E-state index in [0.29, 0.717) is 6.04 Å². The van der Waals surface area contributed by atoms with Gasteiger partial charge in [-0.15, -0.1) is 0 Å². The van der Waals surface area contributed by atoms with Crippen molar-refractivity contribution in [3.8, 4) is 0 Å². The lowest BCUT2D eigenvalue weighted by Gasteiger charge is -2.32. The molecule has 0 aromatic carbocycles. The molecule has 0 aliphatic carbocycles. The Hall–Kier alpha value is -2.15. The smallest absolute Gasteiger partial charge is 0.138 e. The van der Waals surface area contributed by atoms with E-state index in [2.05, 4.69) is 25.3 Å². The van der Waals surface area contributed by atoms with E-state index in [1.807, 2.05) is 38.2 Å². The predicted octanol–water partition coefficient (Wildman–Crippen LogP) is 1.92. The van der Waals surface area contributed by atoms with Gasteiger partial charge in [0.05, 0.1) is 6.20 Å². The number of nitrogens with one attached hydrogen (secondary N) is 1. The number of hydrogen-bond acceptors (Lipinski definition) is 7. The van der Waals surface area contributed by atoms with Crippen LogP contribution in [0, 0.1) is 6.92 Å². The normalized spacial score (nSPS) is 16.5. The number of aromatic nitrogens is 3. The molecule has 1 fully saturated rings. The zero-order valence-electron chi connectivity index (χ0n) is 14.0. The van der Waals surface area contributed by atoms with Crippen molar-refractivity contribution in [2.75, 3.05) is 37.4 Å². The second-order valence-corrected chi connectivity index (χ2v) is 6.26. The number of anilines is 2. The minimum atomic E-state index is 0.458. The molecular weight excluding hydrogens is 292 g/mol. The summed E-state index contributed by atoms with van der Waals surface area (Å²) in [5, 5.41) is 7.38. The van der Waals surface area contributed by atoms with Crippen molar-refractivity contribution in [3.05, 3.63) is 29.9 Å². The first-order valence-electron chi connectivity index (χ1n) is 8.00. The van der Waals surface area contributed by atoms with Crippen molar-refractivity contribution in [3.63, 3.8) is 0 Å². The second-order valence-electron chi connectivity index (χ2n) is 6.26. The monoisotopic (exact) mass is 316 g/mol. The fraction of sp³-hybridized carbons (Fsp3) is 0.562. The van der Waals surface area contributed by atoms with Crippen molar-refractivity contribution in [1.82, 2.24) is 20.0 Å². The van der Waals surface area contributed by atoms with Crippen LogP contribution in [0.1, 0.15) is 24.2 Å². The van der Waals surface area contributed by atoms with Gasteiger partial charge in [0.2, 0.25) is 0 Å². The van der Waals surface area contributed by atoms with Crippen LogP contribution < -0.4 is 10.2 Å². The predicted molar refractivity (Wildman–Crippen MR) is 89.5 cm³/mol. The fourth-order valence-corrected chi connectivity index (χ4v) is 2.83. The molecule has 1 N–H and O–H groups in total. The van der Waals surface area contributed by atoms with Gasteiger partial charge < -0.3 is 14.7 Å². The van der Waals surface area contributed by atoms with E-state index in [1.54, 1.807) is 6.33 Å². The molecule has 2 aromatic heterocycles. The molecule has 7 heteroatoms. The van der Waals surface area contributed by atoms with Gasteiger partial charge in [-0.1, -0.05) is 5.16 Å². The molecule has 0 unspecified atom stereocenters. The zero-order valence-corrected chi connectivity index (χ0v) is 14.0. The summed E-state index contributed by atoms with van der Waals surface area (Å²) >= 11 is 0. The van der Waals surface area contributed by atoms with E-state index in [4.69, 9.17) is 4.52 Å². The molecule has 0 saturated carbocycles. The van der Waals surface area contributed by atoms with Gasteiger partial charge in [-0.25, -0.2) is 9.97 Å². The molecule has 0 atom stereocenters. The number of hydrogen-bond donors (Lipinski definition) is 1. The number of rotatable bonds is 5. The van der Waals surface area contributed by atoms with Crippen LogP contribution >= 0.6 is 0 Å². The molecule has 2 aromatic rings.